The van der Waals surface area contributed by atoms with Crippen LogP contribution in [0.3, 0.4) is 0 Å². The lowest BCUT2D eigenvalue weighted by Gasteiger charge is -2.35. The summed E-state index contributed by atoms with van der Waals surface area (Å²) < 4.78 is 0. The highest BCUT2D eigenvalue weighted by Crippen LogP contribution is 2.09. The van der Waals surface area contributed by atoms with Crippen LogP contribution in [0.4, 0.5) is 0 Å². The van der Waals surface area contributed by atoms with E-state index >= 15 is 0 Å². The monoisotopic (exact) mass is 479 g/mol. The second-order valence-corrected chi connectivity index (χ2v) is 7.53. The first-order valence-electron chi connectivity index (χ1n) is 9.20. The maximum absolute atomic E-state index is 4.68. The molecule has 1 aliphatic heterocycles. The molecule has 5 nitrogen and oxygen atoms in total. The Hall–Kier alpha value is -0.380. The molecular formula is C18H34IN5S. The van der Waals surface area contributed by atoms with Crippen molar-refractivity contribution in [2.24, 2.45) is 10.9 Å². The Labute approximate surface area is 174 Å². The summed E-state index contributed by atoms with van der Waals surface area (Å²) in [7, 11) is 0. The van der Waals surface area contributed by atoms with E-state index in [4.69, 9.17) is 0 Å². The van der Waals surface area contributed by atoms with Crippen molar-refractivity contribution in [3.8, 4) is 0 Å². The smallest absolute Gasteiger partial charge is 0.191 e. The Kier molecular flexibility index (Phi) is 11.7. The second-order valence-electron chi connectivity index (χ2n) is 6.50. The Morgan fingerprint density at radius 2 is 1.92 bits per heavy atom. The molecule has 1 aliphatic rings. The lowest BCUT2D eigenvalue weighted by Crippen LogP contribution is -2.48. The average molecular weight is 479 g/mol. The third-order valence-corrected chi connectivity index (χ3v) is 5.28. The van der Waals surface area contributed by atoms with Crippen molar-refractivity contribution >= 4 is 41.3 Å². The average Bonchev–Trinajstić information content (AvgIpc) is 3.11. The van der Waals surface area contributed by atoms with Crippen molar-refractivity contribution in [3.63, 3.8) is 0 Å². The van der Waals surface area contributed by atoms with Crippen LogP contribution in [-0.4, -0.2) is 68.1 Å². The molecule has 1 aromatic rings. The molecule has 144 valence electrons. The van der Waals surface area contributed by atoms with Gasteiger partial charge in [0.25, 0.3) is 0 Å². The molecule has 0 amide bonds. The van der Waals surface area contributed by atoms with Gasteiger partial charge in [0.15, 0.2) is 5.96 Å². The SMILES string of the molecule is CCNC(=NCc1cccs1)NCC(C)CN1CCN(CC)CC1.I. The first-order valence-corrected chi connectivity index (χ1v) is 10.1. The number of thiophene rings is 1. The zero-order valence-corrected chi connectivity index (χ0v) is 19.0. The van der Waals surface area contributed by atoms with Crippen molar-refractivity contribution in [2.75, 3.05) is 52.4 Å². The molecule has 2 rings (SSSR count). The Morgan fingerprint density at radius 3 is 2.52 bits per heavy atom. The van der Waals surface area contributed by atoms with Crippen LogP contribution in [0, 0.1) is 5.92 Å². The summed E-state index contributed by atoms with van der Waals surface area (Å²) in [5.74, 6) is 1.54. The van der Waals surface area contributed by atoms with E-state index in [2.05, 4.69) is 63.7 Å². The van der Waals surface area contributed by atoms with Crippen LogP contribution >= 0.6 is 35.3 Å². The maximum atomic E-state index is 4.68. The lowest BCUT2D eigenvalue weighted by molar-refractivity contribution is 0.124. The van der Waals surface area contributed by atoms with E-state index in [9.17, 15) is 0 Å². The summed E-state index contributed by atoms with van der Waals surface area (Å²) in [6.45, 7) is 16.4. The molecule has 1 saturated heterocycles. The summed E-state index contributed by atoms with van der Waals surface area (Å²) >= 11 is 1.76. The quantitative estimate of drug-likeness (QED) is 0.342. The van der Waals surface area contributed by atoms with E-state index in [1.807, 2.05) is 0 Å². The fourth-order valence-corrected chi connectivity index (χ4v) is 3.59. The van der Waals surface area contributed by atoms with Gasteiger partial charge in [0.2, 0.25) is 0 Å². The van der Waals surface area contributed by atoms with Gasteiger partial charge in [0.05, 0.1) is 6.54 Å². The number of piperazine rings is 1. The molecule has 0 bridgehead atoms. The van der Waals surface area contributed by atoms with E-state index in [0.717, 1.165) is 32.1 Å². The minimum atomic E-state index is 0. The fraction of sp³-hybridized carbons (Fsp3) is 0.722. The topological polar surface area (TPSA) is 42.9 Å². The van der Waals surface area contributed by atoms with Gasteiger partial charge >= 0.3 is 0 Å². The highest BCUT2D eigenvalue weighted by atomic mass is 127. The third kappa shape index (κ3) is 8.70. The molecule has 0 spiro atoms. The zero-order valence-electron chi connectivity index (χ0n) is 15.8. The summed E-state index contributed by atoms with van der Waals surface area (Å²) in [6, 6.07) is 4.21. The van der Waals surface area contributed by atoms with Crippen molar-refractivity contribution in [3.05, 3.63) is 22.4 Å². The molecule has 1 atom stereocenters. The predicted octanol–water partition coefficient (Wildman–Crippen LogP) is 2.69. The standard InChI is InChI=1S/C18H33N5S.HI/c1-4-19-18(21-14-17-7-6-12-24-17)20-13-16(3)15-23-10-8-22(5-2)9-11-23;/h6-7,12,16H,4-5,8-11,13-15H2,1-3H3,(H2,19,20,21);1H. The summed E-state index contributed by atoms with van der Waals surface area (Å²) in [5, 5.41) is 8.94. The largest absolute Gasteiger partial charge is 0.357 e. The number of halogens is 1. The van der Waals surface area contributed by atoms with Gasteiger partial charge in [0, 0.05) is 50.7 Å². The van der Waals surface area contributed by atoms with Gasteiger partial charge in [-0.3, -0.25) is 0 Å². The van der Waals surface area contributed by atoms with Gasteiger partial charge < -0.3 is 20.4 Å². The highest BCUT2D eigenvalue weighted by Gasteiger charge is 2.17. The Bertz CT molecular complexity index is 472. The first kappa shape index (κ1) is 22.7. The fourth-order valence-electron chi connectivity index (χ4n) is 2.97. The number of aliphatic imine (C=N–C) groups is 1. The number of likely N-dealkylation sites (N-methyl/N-ethyl adjacent to an activating group) is 1. The van der Waals surface area contributed by atoms with Crippen molar-refractivity contribution in [1.29, 1.82) is 0 Å². The van der Waals surface area contributed by atoms with Crippen molar-refractivity contribution in [1.82, 2.24) is 20.4 Å². The molecule has 2 heterocycles. The molecule has 1 unspecified atom stereocenters. The van der Waals surface area contributed by atoms with Gasteiger partial charge in [0.1, 0.15) is 0 Å². The van der Waals surface area contributed by atoms with Crippen LogP contribution in [0.2, 0.25) is 0 Å². The summed E-state index contributed by atoms with van der Waals surface area (Å²) in [6.07, 6.45) is 0. The third-order valence-electron chi connectivity index (χ3n) is 4.42. The summed E-state index contributed by atoms with van der Waals surface area (Å²) in [5.41, 5.74) is 0. The molecule has 0 aromatic carbocycles. The molecule has 1 fully saturated rings. The molecule has 25 heavy (non-hydrogen) atoms. The van der Waals surface area contributed by atoms with Crippen LogP contribution in [0.5, 0.6) is 0 Å². The highest BCUT2D eigenvalue weighted by molar-refractivity contribution is 14.0. The minimum Gasteiger partial charge on any atom is -0.357 e. The zero-order chi connectivity index (χ0) is 17.2. The number of hydrogen-bond acceptors (Lipinski definition) is 4. The predicted molar refractivity (Wildman–Crippen MR) is 120 cm³/mol. The van der Waals surface area contributed by atoms with Crippen LogP contribution in [0.25, 0.3) is 0 Å². The molecule has 1 aromatic heterocycles. The van der Waals surface area contributed by atoms with Crippen LogP contribution < -0.4 is 10.6 Å². The Balaban J connectivity index is 0.00000312. The maximum Gasteiger partial charge on any atom is 0.191 e. The van der Waals surface area contributed by atoms with E-state index in [0.29, 0.717) is 5.92 Å². The van der Waals surface area contributed by atoms with Crippen LogP contribution in [0.1, 0.15) is 25.6 Å². The van der Waals surface area contributed by atoms with Crippen LogP contribution in [0.15, 0.2) is 22.5 Å². The van der Waals surface area contributed by atoms with E-state index in [-0.39, 0.29) is 24.0 Å². The van der Waals surface area contributed by atoms with Crippen molar-refractivity contribution < 1.29 is 0 Å². The number of hydrogen-bond donors (Lipinski definition) is 2. The molecule has 0 aliphatic carbocycles. The van der Waals surface area contributed by atoms with E-state index in [1.54, 1.807) is 11.3 Å². The number of nitrogens with one attached hydrogen (secondary N) is 2. The number of nitrogens with zero attached hydrogens (tertiary/aromatic N) is 3. The molecule has 7 heteroatoms. The normalized spacial score (nSPS) is 17.8. The molecule has 2 N–H and O–H groups in total. The van der Waals surface area contributed by atoms with Crippen molar-refractivity contribution in [2.45, 2.75) is 27.3 Å². The first-order chi connectivity index (χ1) is 11.7. The number of rotatable bonds is 8. The van der Waals surface area contributed by atoms with Gasteiger partial charge in [-0.25, -0.2) is 4.99 Å². The summed E-state index contributed by atoms with van der Waals surface area (Å²) in [4.78, 5) is 11.1. The molecule has 0 saturated carbocycles. The van der Waals surface area contributed by atoms with Gasteiger partial charge in [-0.2, -0.15) is 0 Å². The number of guanidine groups is 1. The second kappa shape index (κ2) is 12.9. The van der Waals surface area contributed by atoms with Crippen LogP contribution in [-0.2, 0) is 6.54 Å². The minimum absolute atomic E-state index is 0. The van der Waals surface area contributed by atoms with Gasteiger partial charge in [-0.1, -0.05) is 19.9 Å². The van der Waals surface area contributed by atoms with E-state index in [1.165, 1.54) is 37.6 Å². The van der Waals surface area contributed by atoms with Gasteiger partial charge in [-0.15, -0.1) is 35.3 Å². The Morgan fingerprint density at radius 1 is 1.20 bits per heavy atom. The van der Waals surface area contributed by atoms with E-state index < -0.39 is 0 Å². The lowest BCUT2D eigenvalue weighted by atomic mass is 10.1. The molecular weight excluding hydrogens is 445 g/mol. The molecule has 0 radical (unpaired) electrons. The van der Waals surface area contributed by atoms with Gasteiger partial charge in [-0.05, 0) is 30.8 Å².